The molecule has 2 heteroatoms. The number of para-hydroxylation sites is 1. The molecule has 0 atom stereocenters. The minimum Gasteiger partial charge on any atom is -0.354 e. The first-order valence-corrected chi connectivity index (χ1v) is 7.69. The molecule has 0 radical (unpaired) electrons. The third-order valence-corrected chi connectivity index (χ3v) is 3.67. The number of anilines is 2. The predicted molar refractivity (Wildman–Crippen MR) is 92.6 cm³/mol. The second kappa shape index (κ2) is 6.90. The Morgan fingerprint density at radius 2 is 1.55 bits per heavy atom. The summed E-state index contributed by atoms with van der Waals surface area (Å²) in [6.07, 6.45) is 3.81. The highest BCUT2D eigenvalue weighted by atomic mass is 14.9. The Labute approximate surface area is 131 Å². The normalized spacial score (nSPS) is 10.4. The van der Waals surface area contributed by atoms with E-state index in [1.165, 1.54) is 11.1 Å². The standard InChI is InChI=1S/C20H20N2/c1-2-19-20(22-18-11-7-4-8-12-18)14-17(15-21-19)13-16-9-5-3-6-10-16/h3-12,14-15,22H,2,13H2,1H3. The maximum Gasteiger partial charge on any atom is 0.0635 e. The zero-order valence-electron chi connectivity index (χ0n) is 12.8. The van der Waals surface area contributed by atoms with E-state index in [9.17, 15) is 0 Å². The largest absolute Gasteiger partial charge is 0.354 e. The van der Waals surface area contributed by atoms with Gasteiger partial charge in [0.25, 0.3) is 0 Å². The number of benzene rings is 2. The van der Waals surface area contributed by atoms with Gasteiger partial charge >= 0.3 is 0 Å². The van der Waals surface area contributed by atoms with Crippen molar-refractivity contribution >= 4 is 11.4 Å². The van der Waals surface area contributed by atoms with Crippen molar-refractivity contribution < 1.29 is 0 Å². The molecule has 0 spiro atoms. The van der Waals surface area contributed by atoms with Crippen LogP contribution >= 0.6 is 0 Å². The fraction of sp³-hybridized carbons (Fsp3) is 0.150. The number of aryl methyl sites for hydroxylation is 1. The first kappa shape index (κ1) is 14.3. The Balaban J connectivity index is 1.86. The summed E-state index contributed by atoms with van der Waals surface area (Å²) in [6.45, 7) is 2.13. The van der Waals surface area contributed by atoms with E-state index in [-0.39, 0.29) is 0 Å². The predicted octanol–water partition coefficient (Wildman–Crippen LogP) is 4.98. The van der Waals surface area contributed by atoms with Gasteiger partial charge in [-0.05, 0) is 42.2 Å². The lowest BCUT2D eigenvalue weighted by molar-refractivity contribution is 1.02. The van der Waals surface area contributed by atoms with Crippen LogP contribution in [0.2, 0.25) is 0 Å². The Morgan fingerprint density at radius 1 is 0.864 bits per heavy atom. The van der Waals surface area contributed by atoms with Crippen molar-refractivity contribution in [2.45, 2.75) is 19.8 Å². The monoisotopic (exact) mass is 288 g/mol. The molecule has 0 fully saturated rings. The van der Waals surface area contributed by atoms with Gasteiger partial charge in [-0.1, -0.05) is 55.5 Å². The first-order chi connectivity index (χ1) is 10.8. The lowest BCUT2D eigenvalue weighted by Crippen LogP contribution is -2.00. The SMILES string of the molecule is CCc1ncc(Cc2ccccc2)cc1Nc1ccccc1. The summed E-state index contributed by atoms with van der Waals surface area (Å²) in [5, 5.41) is 3.49. The lowest BCUT2D eigenvalue weighted by Gasteiger charge is -2.12. The molecule has 2 aromatic carbocycles. The van der Waals surface area contributed by atoms with Crippen LogP contribution in [-0.2, 0) is 12.8 Å². The van der Waals surface area contributed by atoms with E-state index >= 15 is 0 Å². The zero-order valence-corrected chi connectivity index (χ0v) is 12.8. The highest BCUT2D eigenvalue weighted by molar-refractivity contribution is 5.62. The molecule has 1 heterocycles. The molecule has 0 aliphatic rings. The molecule has 22 heavy (non-hydrogen) atoms. The molecule has 2 nitrogen and oxygen atoms in total. The lowest BCUT2D eigenvalue weighted by atomic mass is 10.1. The van der Waals surface area contributed by atoms with Crippen molar-refractivity contribution in [1.82, 2.24) is 4.98 Å². The third kappa shape index (κ3) is 3.53. The van der Waals surface area contributed by atoms with Gasteiger partial charge in [0.05, 0.1) is 11.4 Å². The van der Waals surface area contributed by atoms with Crippen molar-refractivity contribution in [2.24, 2.45) is 0 Å². The minimum atomic E-state index is 0.904. The summed E-state index contributed by atoms with van der Waals surface area (Å²) >= 11 is 0. The van der Waals surface area contributed by atoms with Crippen LogP contribution in [0.4, 0.5) is 11.4 Å². The number of aromatic nitrogens is 1. The van der Waals surface area contributed by atoms with Gasteiger partial charge in [0, 0.05) is 11.9 Å². The van der Waals surface area contributed by atoms with E-state index in [2.05, 4.69) is 59.7 Å². The molecule has 0 bridgehead atoms. The third-order valence-electron chi connectivity index (χ3n) is 3.67. The van der Waals surface area contributed by atoms with Crippen LogP contribution in [0.25, 0.3) is 0 Å². The summed E-state index contributed by atoms with van der Waals surface area (Å²) in [6, 6.07) is 23.0. The smallest absolute Gasteiger partial charge is 0.0635 e. The molecule has 0 aliphatic carbocycles. The van der Waals surface area contributed by atoms with Crippen LogP contribution in [0.1, 0.15) is 23.7 Å². The van der Waals surface area contributed by atoms with Crippen LogP contribution in [0, 0.1) is 0 Å². The van der Waals surface area contributed by atoms with E-state index in [1.54, 1.807) is 0 Å². The summed E-state index contributed by atoms with van der Waals surface area (Å²) in [5.41, 5.74) is 5.82. The van der Waals surface area contributed by atoms with Gasteiger partial charge in [0.2, 0.25) is 0 Å². The maximum atomic E-state index is 4.63. The maximum absolute atomic E-state index is 4.63. The van der Waals surface area contributed by atoms with Crippen molar-refractivity contribution in [1.29, 1.82) is 0 Å². The minimum absolute atomic E-state index is 0.904. The molecule has 3 rings (SSSR count). The molecule has 110 valence electrons. The number of hydrogen-bond acceptors (Lipinski definition) is 2. The Kier molecular flexibility index (Phi) is 4.50. The fourth-order valence-corrected chi connectivity index (χ4v) is 2.53. The van der Waals surface area contributed by atoms with Gasteiger partial charge in [-0.2, -0.15) is 0 Å². The van der Waals surface area contributed by atoms with Gasteiger partial charge in [-0.25, -0.2) is 0 Å². The first-order valence-electron chi connectivity index (χ1n) is 7.69. The van der Waals surface area contributed by atoms with Crippen molar-refractivity contribution in [2.75, 3.05) is 5.32 Å². The van der Waals surface area contributed by atoms with E-state index < -0.39 is 0 Å². The van der Waals surface area contributed by atoms with Crippen molar-refractivity contribution in [3.8, 4) is 0 Å². The average Bonchev–Trinajstić information content (AvgIpc) is 2.57. The molecule has 0 unspecified atom stereocenters. The van der Waals surface area contributed by atoms with Crippen molar-refractivity contribution in [3.05, 3.63) is 89.7 Å². The average molecular weight is 288 g/mol. The van der Waals surface area contributed by atoms with E-state index in [0.717, 1.165) is 29.9 Å². The number of rotatable bonds is 5. The molecule has 0 saturated carbocycles. The number of pyridine rings is 1. The molecule has 0 saturated heterocycles. The van der Waals surface area contributed by atoms with Crippen LogP contribution in [-0.4, -0.2) is 4.98 Å². The molecule has 1 N–H and O–H groups in total. The van der Waals surface area contributed by atoms with E-state index in [0.29, 0.717) is 0 Å². The highest BCUT2D eigenvalue weighted by Crippen LogP contribution is 2.22. The van der Waals surface area contributed by atoms with Crippen LogP contribution in [0.15, 0.2) is 72.9 Å². The summed E-state index contributed by atoms with van der Waals surface area (Å²) in [4.78, 5) is 4.63. The van der Waals surface area contributed by atoms with Crippen LogP contribution in [0.5, 0.6) is 0 Å². The quantitative estimate of drug-likeness (QED) is 0.716. The van der Waals surface area contributed by atoms with Crippen LogP contribution in [0.3, 0.4) is 0 Å². The Hall–Kier alpha value is -2.61. The van der Waals surface area contributed by atoms with Gasteiger partial charge in [-0.15, -0.1) is 0 Å². The zero-order chi connectivity index (χ0) is 15.2. The van der Waals surface area contributed by atoms with Gasteiger partial charge in [-0.3, -0.25) is 4.98 Å². The van der Waals surface area contributed by atoms with E-state index in [1.807, 2.05) is 30.5 Å². The summed E-state index contributed by atoms with van der Waals surface area (Å²) < 4.78 is 0. The molecule has 3 aromatic rings. The molecule has 1 aromatic heterocycles. The van der Waals surface area contributed by atoms with Gasteiger partial charge in [0.1, 0.15) is 0 Å². The molecular weight excluding hydrogens is 268 g/mol. The number of nitrogens with zero attached hydrogens (tertiary/aromatic N) is 1. The van der Waals surface area contributed by atoms with Gasteiger partial charge < -0.3 is 5.32 Å². The molecule has 0 amide bonds. The second-order valence-corrected chi connectivity index (χ2v) is 5.34. The topological polar surface area (TPSA) is 24.9 Å². The molecule has 0 aliphatic heterocycles. The Morgan fingerprint density at radius 3 is 2.23 bits per heavy atom. The van der Waals surface area contributed by atoms with E-state index in [4.69, 9.17) is 0 Å². The Bertz CT molecular complexity index is 721. The number of nitrogens with one attached hydrogen (secondary N) is 1. The van der Waals surface area contributed by atoms with Crippen molar-refractivity contribution in [3.63, 3.8) is 0 Å². The van der Waals surface area contributed by atoms with Gasteiger partial charge in [0.15, 0.2) is 0 Å². The molecular formula is C20H20N2. The van der Waals surface area contributed by atoms with Crippen LogP contribution < -0.4 is 5.32 Å². The number of hydrogen-bond donors (Lipinski definition) is 1. The summed E-state index contributed by atoms with van der Waals surface area (Å²) in [5.74, 6) is 0. The fourth-order valence-electron chi connectivity index (χ4n) is 2.53. The second-order valence-electron chi connectivity index (χ2n) is 5.34. The summed E-state index contributed by atoms with van der Waals surface area (Å²) in [7, 11) is 0. The highest BCUT2D eigenvalue weighted by Gasteiger charge is 2.05.